The molecule has 0 bridgehead atoms. The highest BCUT2D eigenvalue weighted by molar-refractivity contribution is 7.80. The van der Waals surface area contributed by atoms with E-state index in [2.05, 4.69) is 24.5 Å². The van der Waals surface area contributed by atoms with Crippen molar-refractivity contribution in [3.8, 4) is 0 Å². The molecular weight excluding hydrogens is 168 g/mol. The normalized spacial score (nSPS) is 26.5. The summed E-state index contributed by atoms with van der Waals surface area (Å²) in [6, 6.07) is 0.663. The average molecular weight is 186 g/mol. The summed E-state index contributed by atoms with van der Waals surface area (Å²) in [6.07, 6.45) is 3.93. The Kier molecular flexibility index (Phi) is 3.79. The molecule has 2 N–H and O–H groups in total. The molecule has 1 fully saturated rings. The van der Waals surface area contributed by atoms with Gasteiger partial charge in [0.2, 0.25) is 0 Å². The fourth-order valence-electron chi connectivity index (χ4n) is 1.49. The van der Waals surface area contributed by atoms with E-state index >= 15 is 0 Å². The summed E-state index contributed by atoms with van der Waals surface area (Å²) in [6.45, 7) is 5.21. The molecule has 0 saturated heterocycles. The predicted molar refractivity (Wildman–Crippen MR) is 56.2 cm³/mol. The highest BCUT2D eigenvalue weighted by Gasteiger charge is 2.36. The molecule has 0 amide bonds. The molecule has 12 heavy (non-hydrogen) atoms. The van der Waals surface area contributed by atoms with E-state index in [0.29, 0.717) is 6.04 Å². The maximum Gasteiger partial charge on any atom is 0.166 e. The minimum Gasteiger partial charge on any atom is -0.363 e. The predicted octanol–water partition coefficient (Wildman–Crippen LogP) is 1.66. The van der Waals surface area contributed by atoms with Gasteiger partial charge in [-0.2, -0.15) is 0 Å². The zero-order valence-electron chi connectivity index (χ0n) is 7.89. The summed E-state index contributed by atoms with van der Waals surface area (Å²) in [7, 11) is 0. The molecule has 2 unspecified atom stereocenters. The highest BCUT2D eigenvalue weighted by atomic mass is 32.1. The van der Waals surface area contributed by atoms with E-state index in [1.807, 2.05) is 0 Å². The van der Waals surface area contributed by atoms with Gasteiger partial charge in [-0.15, -0.1) is 0 Å². The van der Waals surface area contributed by atoms with Gasteiger partial charge in [0.25, 0.3) is 0 Å². The summed E-state index contributed by atoms with van der Waals surface area (Å²) >= 11 is 5.08. The van der Waals surface area contributed by atoms with Crippen LogP contribution in [0.25, 0.3) is 0 Å². The molecule has 2 atom stereocenters. The minimum absolute atomic E-state index is 0.663. The van der Waals surface area contributed by atoms with Crippen LogP contribution in [-0.2, 0) is 0 Å². The van der Waals surface area contributed by atoms with Gasteiger partial charge in [-0.05, 0) is 37.9 Å². The summed E-state index contributed by atoms with van der Waals surface area (Å²) in [4.78, 5) is 0. The Balaban J connectivity index is 2.06. The quantitative estimate of drug-likeness (QED) is 0.653. The number of hydrogen-bond donors (Lipinski definition) is 2. The van der Waals surface area contributed by atoms with Crippen LogP contribution in [0.5, 0.6) is 0 Å². The van der Waals surface area contributed by atoms with Gasteiger partial charge in [-0.3, -0.25) is 0 Å². The first-order valence-corrected chi connectivity index (χ1v) is 5.23. The molecule has 0 aromatic heterocycles. The van der Waals surface area contributed by atoms with Gasteiger partial charge in [-0.1, -0.05) is 13.3 Å². The maximum absolute atomic E-state index is 5.08. The third kappa shape index (κ3) is 2.97. The monoisotopic (exact) mass is 186 g/mol. The SMILES string of the molecule is CCCC1CC1NC(=S)NCC. The lowest BCUT2D eigenvalue weighted by Gasteiger charge is -2.07. The van der Waals surface area contributed by atoms with Crippen LogP contribution < -0.4 is 10.6 Å². The van der Waals surface area contributed by atoms with Gasteiger partial charge in [-0.25, -0.2) is 0 Å². The Labute approximate surface area is 80.1 Å². The summed E-state index contributed by atoms with van der Waals surface area (Å²) in [5.74, 6) is 0.881. The van der Waals surface area contributed by atoms with E-state index in [4.69, 9.17) is 12.2 Å². The topological polar surface area (TPSA) is 24.1 Å². The van der Waals surface area contributed by atoms with Gasteiger partial charge in [0.05, 0.1) is 0 Å². The lowest BCUT2D eigenvalue weighted by molar-refractivity contribution is 0.660. The van der Waals surface area contributed by atoms with Crippen LogP contribution in [0.1, 0.15) is 33.1 Å². The first-order valence-electron chi connectivity index (χ1n) is 4.82. The van der Waals surface area contributed by atoms with Gasteiger partial charge in [0, 0.05) is 12.6 Å². The number of thiocarbonyl (C=S) groups is 1. The molecular formula is C9H18N2S. The van der Waals surface area contributed by atoms with E-state index in [9.17, 15) is 0 Å². The highest BCUT2D eigenvalue weighted by Crippen LogP contribution is 2.34. The largest absolute Gasteiger partial charge is 0.363 e. The van der Waals surface area contributed by atoms with Crippen LogP contribution in [-0.4, -0.2) is 17.7 Å². The van der Waals surface area contributed by atoms with Gasteiger partial charge in [0.15, 0.2) is 5.11 Å². The molecule has 1 aliphatic carbocycles. The Morgan fingerprint density at radius 3 is 2.83 bits per heavy atom. The van der Waals surface area contributed by atoms with E-state index in [-0.39, 0.29) is 0 Å². The lowest BCUT2D eigenvalue weighted by Crippen LogP contribution is -2.36. The maximum atomic E-state index is 5.08. The summed E-state index contributed by atoms with van der Waals surface area (Å²) in [5, 5.41) is 7.23. The summed E-state index contributed by atoms with van der Waals surface area (Å²) in [5.41, 5.74) is 0. The molecule has 0 aromatic rings. The Morgan fingerprint density at radius 2 is 2.25 bits per heavy atom. The van der Waals surface area contributed by atoms with Gasteiger partial charge in [0.1, 0.15) is 0 Å². The third-order valence-corrected chi connectivity index (χ3v) is 2.50. The molecule has 0 aromatic carbocycles. The standard InChI is InChI=1S/C9H18N2S/c1-3-5-7-6-8(7)11-9(12)10-4-2/h7-8H,3-6H2,1-2H3,(H2,10,11,12). The number of hydrogen-bond acceptors (Lipinski definition) is 1. The van der Waals surface area contributed by atoms with Crippen LogP contribution in [0.2, 0.25) is 0 Å². The first-order chi connectivity index (χ1) is 5.77. The first kappa shape index (κ1) is 9.78. The van der Waals surface area contributed by atoms with Crippen LogP contribution >= 0.6 is 12.2 Å². The molecule has 0 radical (unpaired) electrons. The molecule has 2 nitrogen and oxygen atoms in total. The molecule has 0 spiro atoms. The second-order valence-corrected chi connectivity index (χ2v) is 3.80. The van der Waals surface area contributed by atoms with Crippen molar-refractivity contribution in [1.82, 2.24) is 10.6 Å². The minimum atomic E-state index is 0.663. The Bertz CT molecular complexity index is 159. The third-order valence-electron chi connectivity index (χ3n) is 2.24. The number of nitrogens with one attached hydrogen (secondary N) is 2. The van der Waals surface area contributed by atoms with Crippen molar-refractivity contribution >= 4 is 17.3 Å². The second kappa shape index (κ2) is 4.65. The van der Waals surface area contributed by atoms with Crippen LogP contribution in [0.4, 0.5) is 0 Å². The smallest absolute Gasteiger partial charge is 0.166 e. The van der Waals surface area contributed by atoms with Crippen molar-refractivity contribution in [2.75, 3.05) is 6.54 Å². The molecule has 1 aliphatic rings. The Hall–Kier alpha value is -0.310. The fourth-order valence-corrected chi connectivity index (χ4v) is 1.79. The van der Waals surface area contributed by atoms with E-state index in [1.165, 1.54) is 19.3 Å². The summed E-state index contributed by atoms with van der Waals surface area (Å²) < 4.78 is 0. The zero-order chi connectivity index (χ0) is 8.97. The van der Waals surface area contributed by atoms with Crippen molar-refractivity contribution in [2.45, 2.75) is 39.2 Å². The zero-order valence-corrected chi connectivity index (χ0v) is 8.71. The van der Waals surface area contributed by atoms with Crippen molar-refractivity contribution in [3.05, 3.63) is 0 Å². The number of rotatable bonds is 4. The molecule has 3 heteroatoms. The molecule has 1 saturated carbocycles. The van der Waals surface area contributed by atoms with Gasteiger partial charge < -0.3 is 10.6 Å². The second-order valence-electron chi connectivity index (χ2n) is 3.39. The van der Waals surface area contributed by atoms with Crippen LogP contribution in [0.15, 0.2) is 0 Å². The van der Waals surface area contributed by atoms with Crippen molar-refractivity contribution in [3.63, 3.8) is 0 Å². The van der Waals surface area contributed by atoms with E-state index in [0.717, 1.165) is 17.6 Å². The van der Waals surface area contributed by atoms with Crippen molar-refractivity contribution in [1.29, 1.82) is 0 Å². The van der Waals surface area contributed by atoms with E-state index < -0.39 is 0 Å². The van der Waals surface area contributed by atoms with Gasteiger partial charge >= 0.3 is 0 Å². The molecule has 70 valence electrons. The fraction of sp³-hybridized carbons (Fsp3) is 0.889. The lowest BCUT2D eigenvalue weighted by atomic mass is 10.2. The van der Waals surface area contributed by atoms with Crippen LogP contribution in [0.3, 0.4) is 0 Å². The molecule has 1 rings (SSSR count). The molecule has 0 heterocycles. The Morgan fingerprint density at radius 1 is 1.50 bits per heavy atom. The molecule has 0 aliphatic heterocycles. The van der Waals surface area contributed by atoms with Crippen molar-refractivity contribution < 1.29 is 0 Å². The average Bonchev–Trinajstić information content (AvgIpc) is 2.69. The van der Waals surface area contributed by atoms with E-state index in [1.54, 1.807) is 0 Å². The van der Waals surface area contributed by atoms with Crippen molar-refractivity contribution in [2.24, 2.45) is 5.92 Å². The van der Waals surface area contributed by atoms with Crippen LogP contribution in [0, 0.1) is 5.92 Å².